The van der Waals surface area contributed by atoms with E-state index < -0.39 is 11.9 Å². The third kappa shape index (κ3) is 5.28. The molecule has 1 aromatic heterocycles. The van der Waals surface area contributed by atoms with Crippen LogP contribution in [0.15, 0.2) is 45.9 Å². The Morgan fingerprint density at radius 3 is 2.58 bits per heavy atom. The van der Waals surface area contributed by atoms with E-state index in [9.17, 15) is 9.59 Å². The highest BCUT2D eigenvalue weighted by molar-refractivity contribution is 5.92. The second-order valence-electron chi connectivity index (χ2n) is 4.77. The normalized spacial score (nSPS) is 10.6. The molecule has 0 aliphatic carbocycles. The quantitative estimate of drug-likeness (QED) is 0.478. The Balaban J connectivity index is 1.82. The fraction of sp³-hybridized carbons (Fsp3) is 0.235. The second-order valence-corrected chi connectivity index (χ2v) is 4.77. The lowest BCUT2D eigenvalue weighted by molar-refractivity contribution is -0.145. The maximum absolute atomic E-state index is 11.7. The van der Waals surface area contributed by atoms with Gasteiger partial charge in [-0.15, -0.1) is 0 Å². The van der Waals surface area contributed by atoms with Crippen molar-refractivity contribution in [3.8, 4) is 5.75 Å². The molecule has 0 aliphatic heterocycles. The monoisotopic (exact) mass is 330 g/mol. The molecule has 1 amide bonds. The van der Waals surface area contributed by atoms with Gasteiger partial charge in [-0.05, 0) is 55.8 Å². The molecule has 7 heteroatoms. The van der Waals surface area contributed by atoms with E-state index >= 15 is 0 Å². The first-order valence-electron chi connectivity index (χ1n) is 7.37. The molecule has 0 unspecified atom stereocenters. The third-order valence-electron chi connectivity index (χ3n) is 2.89. The number of furan rings is 1. The van der Waals surface area contributed by atoms with E-state index in [0.717, 1.165) is 5.56 Å². The number of hydrogen-bond donors (Lipinski definition) is 1. The highest BCUT2D eigenvalue weighted by Crippen LogP contribution is 2.11. The summed E-state index contributed by atoms with van der Waals surface area (Å²) < 4.78 is 15.2. The van der Waals surface area contributed by atoms with Gasteiger partial charge in [0.15, 0.2) is 12.4 Å². The van der Waals surface area contributed by atoms with Crippen LogP contribution in [0.2, 0.25) is 0 Å². The smallest absolute Gasteiger partial charge is 0.344 e. The first-order chi connectivity index (χ1) is 11.6. The fourth-order valence-corrected chi connectivity index (χ4v) is 1.77. The Morgan fingerprint density at radius 1 is 1.21 bits per heavy atom. The average molecular weight is 330 g/mol. The zero-order valence-electron chi connectivity index (χ0n) is 13.4. The van der Waals surface area contributed by atoms with Crippen molar-refractivity contribution in [1.82, 2.24) is 5.43 Å². The molecule has 0 spiro atoms. The lowest BCUT2D eigenvalue weighted by atomic mass is 10.2. The van der Waals surface area contributed by atoms with Gasteiger partial charge in [0.05, 0.1) is 12.8 Å². The molecular weight excluding hydrogens is 312 g/mol. The number of esters is 1. The molecule has 0 fully saturated rings. The van der Waals surface area contributed by atoms with Crippen LogP contribution in [0.5, 0.6) is 5.75 Å². The first-order valence-corrected chi connectivity index (χ1v) is 7.37. The van der Waals surface area contributed by atoms with Crippen LogP contribution >= 0.6 is 0 Å². The number of aryl methyl sites for hydroxylation is 1. The number of amides is 1. The SMILES string of the molecule is CCOC(=O)COc1ccc(/C=N\NC(=O)c2ccc(C)o2)cc1. The van der Waals surface area contributed by atoms with Gasteiger partial charge in [0.25, 0.3) is 0 Å². The minimum Gasteiger partial charge on any atom is -0.482 e. The van der Waals surface area contributed by atoms with Gasteiger partial charge in [-0.2, -0.15) is 5.10 Å². The lowest BCUT2D eigenvalue weighted by Gasteiger charge is -2.05. The van der Waals surface area contributed by atoms with Crippen LogP contribution in [-0.4, -0.2) is 31.3 Å². The zero-order chi connectivity index (χ0) is 17.4. The number of carbonyl (C=O) groups is 2. The molecule has 1 N–H and O–H groups in total. The van der Waals surface area contributed by atoms with E-state index in [1.165, 1.54) is 6.21 Å². The van der Waals surface area contributed by atoms with Crippen LogP contribution in [0.4, 0.5) is 0 Å². The average Bonchev–Trinajstić information content (AvgIpc) is 3.01. The molecule has 1 aromatic carbocycles. The van der Waals surface area contributed by atoms with E-state index in [2.05, 4.69) is 10.5 Å². The number of ether oxygens (including phenoxy) is 2. The van der Waals surface area contributed by atoms with Crippen LogP contribution in [0.25, 0.3) is 0 Å². The van der Waals surface area contributed by atoms with Crippen molar-refractivity contribution < 1.29 is 23.5 Å². The molecule has 0 radical (unpaired) electrons. The predicted molar refractivity (Wildman–Crippen MR) is 87.1 cm³/mol. The van der Waals surface area contributed by atoms with Crippen LogP contribution in [0.1, 0.15) is 28.8 Å². The van der Waals surface area contributed by atoms with Gasteiger partial charge in [-0.25, -0.2) is 10.2 Å². The van der Waals surface area contributed by atoms with Crippen molar-refractivity contribution in [3.63, 3.8) is 0 Å². The molecule has 0 saturated heterocycles. The topological polar surface area (TPSA) is 90.1 Å². The third-order valence-corrected chi connectivity index (χ3v) is 2.89. The maximum Gasteiger partial charge on any atom is 0.344 e. The van der Waals surface area contributed by atoms with E-state index in [4.69, 9.17) is 13.9 Å². The van der Waals surface area contributed by atoms with Crippen molar-refractivity contribution in [2.75, 3.05) is 13.2 Å². The van der Waals surface area contributed by atoms with E-state index in [1.807, 2.05) is 0 Å². The first kappa shape index (κ1) is 17.3. The van der Waals surface area contributed by atoms with Gasteiger partial charge in [0.1, 0.15) is 11.5 Å². The molecule has 24 heavy (non-hydrogen) atoms. The zero-order valence-corrected chi connectivity index (χ0v) is 13.4. The molecule has 7 nitrogen and oxygen atoms in total. The van der Waals surface area contributed by atoms with Gasteiger partial charge >= 0.3 is 11.9 Å². The van der Waals surface area contributed by atoms with E-state index in [-0.39, 0.29) is 12.4 Å². The fourth-order valence-electron chi connectivity index (χ4n) is 1.77. The van der Waals surface area contributed by atoms with Crippen LogP contribution in [0.3, 0.4) is 0 Å². The van der Waals surface area contributed by atoms with Crippen LogP contribution in [-0.2, 0) is 9.53 Å². The summed E-state index contributed by atoms with van der Waals surface area (Å²) in [7, 11) is 0. The molecule has 0 bridgehead atoms. The van der Waals surface area contributed by atoms with Crippen molar-refractivity contribution >= 4 is 18.1 Å². The molecule has 2 aromatic rings. The van der Waals surface area contributed by atoms with Crippen LogP contribution < -0.4 is 10.2 Å². The summed E-state index contributed by atoms with van der Waals surface area (Å²) in [6.07, 6.45) is 1.49. The highest BCUT2D eigenvalue weighted by Gasteiger charge is 2.08. The summed E-state index contributed by atoms with van der Waals surface area (Å²) in [6.45, 7) is 3.67. The van der Waals surface area contributed by atoms with Crippen molar-refractivity contribution in [3.05, 3.63) is 53.5 Å². The summed E-state index contributed by atoms with van der Waals surface area (Å²) in [5, 5.41) is 3.86. The number of hydrazone groups is 1. The Morgan fingerprint density at radius 2 is 1.96 bits per heavy atom. The Hall–Kier alpha value is -3.09. The Bertz CT molecular complexity index is 719. The minimum atomic E-state index is -0.422. The standard InChI is InChI=1S/C17H18N2O5/c1-3-22-16(20)11-23-14-7-5-13(6-8-14)10-18-19-17(21)15-9-4-12(2)24-15/h4-10H,3,11H2,1-2H3,(H,19,21)/b18-10-. The molecule has 126 valence electrons. The van der Waals surface area contributed by atoms with E-state index in [1.54, 1.807) is 50.2 Å². The minimum absolute atomic E-state index is 0.139. The summed E-state index contributed by atoms with van der Waals surface area (Å²) >= 11 is 0. The van der Waals surface area contributed by atoms with E-state index in [0.29, 0.717) is 18.1 Å². The Labute approximate surface area is 139 Å². The summed E-state index contributed by atoms with van der Waals surface area (Å²) in [4.78, 5) is 22.9. The van der Waals surface area contributed by atoms with Gasteiger partial charge in [-0.1, -0.05) is 0 Å². The molecule has 0 atom stereocenters. The van der Waals surface area contributed by atoms with Gasteiger partial charge in [0.2, 0.25) is 0 Å². The van der Waals surface area contributed by atoms with Crippen molar-refractivity contribution in [2.45, 2.75) is 13.8 Å². The van der Waals surface area contributed by atoms with Gasteiger partial charge in [-0.3, -0.25) is 4.79 Å². The number of hydrogen-bond acceptors (Lipinski definition) is 6. The number of rotatable bonds is 7. The molecule has 2 rings (SSSR count). The maximum atomic E-state index is 11.7. The summed E-state index contributed by atoms with van der Waals surface area (Å²) in [6, 6.07) is 10.2. The highest BCUT2D eigenvalue weighted by atomic mass is 16.6. The molecule has 0 aliphatic rings. The largest absolute Gasteiger partial charge is 0.482 e. The Kier molecular flexibility index (Phi) is 6.13. The van der Waals surface area contributed by atoms with Gasteiger partial charge < -0.3 is 13.9 Å². The second kappa shape index (κ2) is 8.52. The summed E-state index contributed by atoms with van der Waals surface area (Å²) in [5.74, 6) is 0.554. The molecular formula is C17H18N2O5. The number of nitrogens with zero attached hydrogens (tertiary/aromatic N) is 1. The summed E-state index contributed by atoms with van der Waals surface area (Å²) in [5.41, 5.74) is 3.13. The molecule has 0 saturated carbocycles. The number of carbonyl (C=O) groups excluding carboxylic acids is 2. The van der Waals surface area contributed by atoms with Crippen molar-refractivity contribution in [1.29, 1.82) is 0 Å². The van der Waals surface area contributed by atoms with Gasteiger partial charge in [0, 0.05) is 0 Å². The van der Waals surface area contributed by atoms with Crippen LogP contribution in [0, 0.1) is 6.92 Å². The lowest BCUT2D eigenvalue weighted by Crippen LogP contribution is -2.16. The number of nitrogens with one attached hydrogen (secondary N) is 1. The van der Waals surface area contributed by atoms with Crippen molar-refractivity contribution in [2.24, 2.45) is 5.10 Å². The number of benzene rings is 1. The predicted octanol–water partition coefficient (Wildman–Crippen LogP) is 2.29. The molecule has 1 heterocycles.